The molecule has 2 N–H and O–H groups in total. The highest BCUT2D eigenvalue weighted by Crippen LogP contribution is 2.30. The van der Waals surface area contributed by atoms with Crippen LogP contribution in [-0.2, 0) is 13.1 Å². The van der Waals surface area contributed by atoms with Crippen molar-refractivity contribution in [3.05, 3.63) is 102 Å². The number of carbonyl (C=O) groups is 1. The Morgan fingerprint density at radius 1 is 0.862 bits per heavy atom. The Morgan fingerprint density at radius 2 is 1.69 bits per heavy atom. The van der Waals surface area contributed by atoms with E-state index in [-0.39, 0.29) is 11.8 Å². The Labute approximate surface area is 168 Å². The van der Waals surface area contributed by atoms with Crippen molar-refractivity contribution in [2.75, 3.05) is 0 Å². The van der Waals surface area contributed by atoms with Gasteiger partial charge >= 0.3 is 6.03 Å². The van der Waals surface area contributed by atoms with Crippen LogP contribution in [0.5, 0.6) is 0 Å². The van der Waals surface area contributed by atoms with Gasteiger partial charge in [0.15, 0.2) is 0 Å². The van der Waals surface area contributed by atoms with Gasteiger partial charge in [-0.2, -0.15) is 0 Å². The zero-order valence-electron chi connectivity index (χ0n) is 15.7. The predicted octanol–water partition coefficient (Wildman–Crippen LogP) is 5.04. The second kappa shape index (κ2) is 8.52. The van der Waals surface area contributed by atoms with Gasteiger partial charge in [-0.15, -0.1) is 0 Å². The lowest BCUT2D eigenvalue weighted by atomic mass is 9.96. The number of nitrogens with one attached hydrogen (secondary N) is 2. The van der Waals surface area contributed by atoms with Crippen LogP contribution in [0.2, 0.25) is 0 Å². The van der Waals surface area contributed by atoms with E-state index in [0.717, 1.165) is 33.0 Å². The van der Waals surface area contributed by atoms with E-state index in [4.69, 9.17) is 0 Å². The fraction of sp³-hybridized carbons (Fsp3) is 0.0833. The molecule has 4 nitrogen and oxygen atoms in total. The molecule has 4 aromatic rings. The van der Waals surface area contributed by atoms with Crippen LogP contribution in [0, 0.1) is 5.82 Å². The lowest BCUT2D eigenvalue weighted by Gasteiger charge is -2.13. The number of amides is 2. The Kier molecular flexibility index (Phi) is 5.47. The summed E-state index contributed by atoms with van der Waals surface area (Å²) in [5, 5.41) is 7.64. The molecule has 0 spiro atoms. The van der Waals surface area contributed by atoms with Gasteiger partial charge in [0.2, 0.25) is 0 Å². The Morgan fingerprint density at radius 3 is 2.52 bits per heavy atom. The molecule has 144 valence electrons. The molecule has 1 heterocycles. The van der Waals surface area contributed by atoms with E-state index < -0.39 is 0 Å². The number of halogens is 1. The number of rotatable bonds is 5. The van der Waals surface area contributed by atoms with E-state index in [1.54, 1.807) is 18.5 Å². The second-order valence-electron chi connectivity index (χ2n) is 6.73. The first-order valence-electron chi connectivity index (χ1n) is 9.38. The van der Waals surface area contributed by atoms with Crippen LogP contribution >= 0.6 is 0 Å². The van der Waals surface area contributed by atoms with Gasteiger partial charge in [0.25, 0.3) is 0 Å². The molecule has 0 aliphatic heterocycles. The van der Waals surface area contributed by atoms with E-state index >= 15 is 0 Å². The quantitative estimate of drug-likeness (QED) is 0.506. The third-order valence-electron chi connectivity index (χ3n) is 4.78. The van der Waals surface area contributed by atoms with Gasteiger partial charge in [-0.3, -0.25) is 4.98 Å². The van der Waals surface area contributed by atoms with Gasteiger partial charge in [-0.05, 0) is 45.8 Å². The van der Waals surface area contributed by atoms with Gasteiger partial charge in [0.1, 0.15) is 5.82 Å². The number of hydrogen-bond acceptors (Lipinski definition) is 2. The van der Waals surface area contributed by atoms with E-state index in [2.05, 4.69) is 15.6 Å². The summed E-state index contributed by atoms with van der Waals surface area (Å²) in [7, 11) is 0. The topological polar surface area (TPSA) is 54.0 Å². The van der Waals surface area contributed by atoms with Crippen molar-refractivity contribution >= 4 is 16.8 Å². The molecule has 0 saturated heterocycles. The lowest BCUT2D eigenvalue weighted by molar-refractivity contribution is 0.240. The minimum atomic E-state index is -0.273. The number of carbonyl (C=O) groups excluding carboxylic acids is 1. The molecule has 0 aliphatic carbocycles. The summed E-state index contributed by atoms with van der Waals surface area (Å²) in [4.78, 5) is 16.4. The molecule has 0 unspecified atom stereocenters. The summed E-state index contributed by atoms with van der Waals surface area (Å²) in [6.07, 6.45) is 3.49. The number of urea groups is 1. The fourth-order valence-corrected chi connectivity index (χ4v) is 3.33. The van der Waals surface area contributed by atoms with E-state index in [0.29, 0.717) is 13.1 Å². The highest BCUT2D eigenvalue weighted by atomic mass is 19.1. The lowest BCUT2D eigenvalue weighted by Crippen LogP contribution is -2.34. The Hall–Kier alpha value is -3.73. The van der Waals surface area contributed by atoms with Crippen molar-refractivity contribution in [1.29, 1.82) is 0 Å². The van der Waals surface area contributed by atoms with Crippen LogP contribution in [0.15, 0.2) is 85.2 Å². The third kappa shape index (κ3) is 4.41. The number of nitrogens with zero attached hydrogens (tertiary/aromatic N) is 1. The van der Waals surface area contributed by atoms with E-state index in [9.17, 15) is 9.18 Å². The summed E-state index contributed by atoms with van der Waals surface area (Å²) < 4.78 is 13.7. The van der Waals surface area contributed by atoms with Gasteiger partial charge in [0, 0.05) is 30.9 Å². The van der Waals surface area contributed by atoms with Crippen molar-refractivity contribution in [2.24, 2.45) is 0 Å². The summed E-state index contributed by atoms with van der Waals surface area (Å²) in [5.74, 6) is -0.273. The van der Waals surface area contributed by atoms with Crippen LogP contribution in [-0.4, -0.2) is 11.0 Å². The van der Waals surface area contributed by atoms with Crippen LogP contribution in [0.1, 0.15) is 11.1 Å². The summed E-state index contributed by atoms with van der Waals surface area (Å²) in [6.45, 7) is 0.833. The Balaban J connectivity index is 1.51. The van der Waals surface area contributed by atoms with Gasteiger partial charge in [-0.1, -0.05) is 54.6 Å². The first kappa shape index (κ1) is 18.6. The van der Waals surface area contributed by atoms with Crippen LogP contribution in [0.3, 0.4) is 0 Å². The SMILES string of the molecule is O=C(NCc1ccccc1)NCc1ccc(-c2cccc(F)c2)c2ccncc12. The highest BCUT2D eigenvalue weighted by molar-refractivity contribution is 5.98. The normalized spacial score (nSPS) is 10.7. The second-order valence-corrected chi connectivity index (χ2v) is 6.73. The summed E-state index contributed by atoms with van der Waals surface area (Å²) in [6, 6.07) is 21.8. The molecule has 5 heteroatoms. The minimum Gasteiger partial charge on any atom is -0.334 e. The number of pyridine rings is 1. The standard InChI is InChI=1S/C24H20FN3O/c25-20-8-4-7-18(13-20)21-10-9-19(23-16-26-12-11-22(21)23)15-28-24(29)27-14-17-5-2-1-3-6-17/h1-13,16H,14-15H2,(H2,27,28,29). The molecule has 0 atom stereocenters. The largest absolute Gasteiger partial charge is 0.334 e. The third-order valence-corrected chi connectivity index (χ3v) is 4.78. The number of fused-ring (bicyclic) bond motifs is 1. The van der Waals surface area contributed by atoms with Crippen molar-refractivity contribution < 1.29 is 9.18 Å². The average Bonchev–Trinajstić information content (AvgIpc) is 2.76. The van der Waals surface area contributed by atoms with Crippen molar-refractivity contribution in [3.8, 4) is 11.1 Å². The van der Waals surface area contributed by atoms with Crippen LogP contribution in [0.25, 0.3) is 21.9 Å². The molecule has 0 bridgehead atoms. The molecular formula is C24H20FN3O. The van der Waals surface area contributed by atoms with Crippen molar-refractivity contribution in [2.45, 2.75) is 13.1 Å². The van der Waals surface area contributed by atoms with Gasteiger partial charge < -0.3 is 10.6 Å². The molecule has 0 aliphatic rings. The molecule has 3 aromatic carbocycles. The minimum absolute atomic E-state index is 0.236. The molecule has 29 heavy (non-hydrogen) atoms. The molecule has 2 amide bonds. The van der Waals surface area contributed by atoms with E-state index in [1.165, 1.54) is 12.1 Å². The number of aromatic nitrogens is 1. The van der Waals surface area contributed by atoms with Crippen molar-refractivity contribution in [3.63, 3.8) is 0 Å². The number of benzene rings is 3. The van der Waals surface area contributed by atoms with Crippen molar-refractivity contribution in [1.82, 2.24) is 15.6 Å². The van der Waals surface area contributed by atoms with Crippen LogP contribution < -0.4 is 10.6 Å². The Bertz CT molecular complexity index is 1150. The van der Waals surface area contributed by atoms with Gasteiger partial charge in [0.05, 0.1) is 0 Å². The van der Waals surface area contributed by atoms with Gasteiger partial charge in [-0.25, -0.2) is 9.18 Å². The monoisotopic (exact) mass is 385 g/mol. The molecular weight excluding hydrogens is 365 g/mol. The summed E-state index contributed by atoms with van der Waals surface area (Å²) >= 11 is 0. The zero-order chi connectivity index (χ0) is 20.1. The van der Waals surface area contributed by atoms with E-state index in [1.807, 2.05) is 54.6 Å². The maximum absolute atomic E-state index is 13.7. The predicted molar refractivity (Wildman–Crippen MR) is 113 cm³/mol. The molecule has 4 rings (SSSR count). The maximum atomic E-state index is 13.7. The average molecular weight is 385 g/mol. The molecule has 0 radical (unpaired) electrons. The smallest absolute Gasteiger partial charge is 0.315 e. The maximum Gasteiger partial charge on any atom is 0.315 e. The number of hydrogen-bond donors (Lipinski definition) is 2. The molecule has 1 aromatic heterocycles. The zero-order valence-corrected chi connectivity index (χ0v) is 15.7. The highest BCUT2D eigenvalue weighted by Gasteiger charge is 2.10. The summed E-state index contributed by atoms with van der Waals surface area (Å²) in [5.41, 5.74) is 3.72. The first-order chi connectivity index (χ1) is 14.2. The fourth-order valence-electron chi connectivity index (χ4n) is 3.33. The molecule has 0 fully saturated rings. The molecule has 0 saturated carbocycles. The first-order valence-corrected chi connectivity index (χ1v) is 9.38. The van der Waals surface area contributed by atoms with Crippen LogP contribution in [0.4, 0.5) is 9.18 Å².